The van der Waals surface area contributed by atoms with Crippen molar-refractivity contribution in [3.8, 4) is 0 Å². The summed E-state index contributed by atoms with van der Waals surface area (Å²) in [5.74, 6) is -0.00337. The average Bonchev–Trinajstić information content (AvgIpc) is 3.13. The van der Waals surface area contributed by atoms with Crippen molar-refractivity contribution in [3.05, 3.63) is 10.4 Å². The van der Waals surface area contributed by atoms with Gasteiger partial charge in [0.1, 0.15) is 0 Å². The van der Waals surface area contributed by atoms with Crippen LogP contribution in [0.3, 0.4) is 0 Å². The van der Waals surface area contributed by atoms with Crippen molar-refractivity contribution in [2.75, 3.05) is 79.9 Å². The van der Waals surface area contributed by atoms with E-state index in [9.17, 15) is 4.79 Å². The molecule has 1 fully saturated rings. The topological polar surface area (TPSA) is 112 Å². The summed E-state index contributed by atoms with van der Waals surface area (Å²) >= 11 is 0. The van der Waals surface area contributed by atoms with Crippen molar-refractivity contribution >= 4 is 5.91 Å². The first-order valence-corrected chi connectivity index (χ1v) is 9.52. The summed E-state index contributed by atoms with van der Waals surface area (Å²) in [7, 11) is 3.81. The highest BCUT2D eigenvalue weighted by molar-refractivity contribution is 5.82. The van der Waals surface area contributed by atoms with Crippen molar-refractivity contribution in [2.45, 2.75) is 25.4 Å². The average molecular weight is 386 g/mol. The molecule has 10 nitrogen and oxygen atoms in total. The zero-order chi connectivity index (χ0) is 19.9. The molecule has 1 unspecified atom stereocenters. The number of rotatable bonds is 15. The third-order valence-corrected chi connectivity index (χ3v) is 4.47. The number of azide groups is 1. The molecule has 1 heterocycles. The van der Waals surface area contributed by atoms with Crippen molar-refractivity contribution in [1.82, 2.24) is 15.1 Å². The Balaban J connectivity index is 1.94. The van der Waals surface area contributed by atoms with Crippen LogP contribution in [-0.4, -0.2) is 108 Å². The summed E-state index contributed by atoms with van der Waals surface area (Å²) in [4.78, 5) is 18.9. The van der Waals surface area contributed by atoms with Crippen molar-refractivity contribution < 1.29 is 19.0 Å². The summed E-state index contributed by atoms with van der Waals surface area (Å²) in [6.45, 7) is 8.41. The van der Waals surface area contributed by atoms with Gasteiger partial charge in [0.25, 0.3) is 0 Å². The third kappa shape index (κ3) is 10.5. The molecule has 1 aliphatic heterocycles. The summed E-state index contributed by atoms with van der Waals surface area (Å²) < 4.78 is 16.4. The Bertz CT molecular complexity index is 461. The largest absolute Gasteiger partial charge is 0.378 e. The summed E-state index contributed by atoms with van der Waals surface area (Å²) in [5, 5.41) is 6.74. The maximum absolute atomic E-state index is 12.3. The number of nitrogens with zero attached hydrogens (tertiary/aromatic N) is 5. The van der Waals surface area contributed by atoms with E-state index in [4.69, 9.17) is 19.7 Å². The lowest BCUT2D eigenvalue weighted by Gasteiger charge is -2.21. The first-order chi connectivity index (χ1) is 13.1. The van der Waals surface area contributed by atoms with Crippen LogP contribution in [0.5, 0.6) is 0 Å². The van der Waals surface area contributed by atoms with Gasteiger partial charge in [0.15, 0.2) is 0 Å². The standard InChI is InChI=1S/C17H34N6O4/c1-4-22(2)5-7-25-9-11-27-12-10-26-8-6-23(3)17(24)16-13-15(14-19-16)20-21-18/h15-16,19H,4-14H2,1-3H3/t15?,16-/m0/s1. The molecular formula is C17H34N6O4. The number of carbonyl (C=O) groups excluding carboxylic acids is 1. The molecule has 0 aromatic heterocycles. The Kier molecular flexibility index (Phi) is 12.8. The molecule has 1 amide bonds. The zero-order valence-corrected chi connectivity index (χ0v) is 16.8. The molecule has 0 aliphatic carbocycles. The van der Waals surface area contributed by atoms with Gasteiger partial charge in [0, 0.05) is 31.6 Å². The first-order valence-electron chi connectivity index (χ1n) is 9.52. The van der Waals surface area contributed by atoms with Crippen LogP contribution in [0, 0.1) is 0 Å². The van der Waals surface area contributed by atoms with Crippen LogP contribution >= 0.6 is 0 Å². The fourth-order valence-electron chi connectivity index (χ4n) is 2.56. The molecular weight excluding hydrogens is 352 g/mol. The zero-order valence-electron chi connectivity index (χ0n) is 16.8. The Hall–Kier alpha value is -1.42. The molecule has 1 N–H and O–H groups in total. The van der Waals surface area contributed by atoms with E-state index in [0.29, 0.717) is 59.2 Å². The quantitative estimate of drug-likeness (QED) is 0.190. The van der Waals surface area contributed by atoms with Gasteiger partial charge in [0.05, 0.1) is 51.7 Å². The Morgan fingerprint density at radius 2 is 1.70 bits per heavy atom. The van der Waals surface area contributed by atoms with Gasteiger partial charge in [-0.3, -0.25) is 4.79 Å². The normalized spacial score (nSPS) is 19.3. The molecule has 10 heteroatoms. The summed E-state index contributed by atoms with van der Waals surface area (Å²) in [6.07, 6.45) is 0.540. The summed E-state index contributed by atoms with van der Waals surface area (Å²) in [5.41, 5.74) is 8.45. The van der Waals surface area contributed by atoms with Gasteiger partial charge in [-0.1, -0.05) is 12.0 Å². The fourth-order valence-corrected chi connectivity index (χ4v) is 2.56. The molecule has 0 aromatic carbocycles. The lowest BCUT2D eigenvalue weighted by molar-refractivity contribution is -0.132. The van der Waals surface area contributed by atoms with Crippen LogP contribution in [0.15, 0.2) is 5.11 Å². The lowest BCUT2D eigenvalue weighted by Crippen LogP contribution is -2.42. The number of carbonyl (C=O) groups is 1. The molecule has 27 heavy (non-hydrogen) atoms. The van der Waals surface area contributed by atoms with E-state index in [1.165, 1.54) is 0 Å². The van der Waals surface area contributed by atoms with Crippen LogP contribution in [-0.2, 0) is 19.0 Å². The van der Waals surface area contributed by atoms with E-state index >= 15 is 0 Å². The number of nitrogens with one attached hydrogen (secondary N) is 1. The molecule has 0 aromatic rings. The van der Waals surface area contributed by atoms with Gasteiger partial charge in [-0.2, -0.15) is 0 Å². The minimum absolute atomic E-state index is 0.00337. The van der Waals surface area contributed by atoms with E-state index in [1.807, 2.05) is 0 Å². The monoisotopic (exact) mass is 386 g/mol. The van der Waals surface area contributed by atoms with E-state index in [2.05, 4.69) is 34.2 Å². The molecule has 0 bridgehead atoms. The van der Waals surface area contributed by atoms with Crippen LogP contribution < -0.4 is 5.32 Å². The van der Waals surface area contributed by atoms with Crippen LogP contribution in [0.4, 0.5) is 0 Å². The highest BCUT2D eigenvalue weighted by Crippen LogP contribution is 2.12. The predicted molar refractivity (Wildman–Crippen MR) is 103 cm³/mol. The maximum Gasteiger partial charge on any atom is 0.239 e. The van der Waals surface area contributed by atoms with Crippen molar-refractivity contribution in [3.63, 3.8) is 0 Å². The number of hydrogen-bond donors (Lipinski definition) is 1. The van der Waals surface area contributed by atoms with Crippen LogP contribution in [0.1, 0.15) is 13.3 Å². The maximum atomic E-state index is 12.3. The van der Waals surface area contributed by atoms with E-state index in [-0.39, 0.29) is 18.0 Å². The first kappa shape index (κ1) is 23.6. The van der Waals surface area contributed by atoms with Crippen molar-refractivity contribution in [1.29, 1.82) is 0 Å². The number of amides is 1. The van der Waals surface area contributed by atoms with E-state index in [0.717, 1.165) is 13.1 Å². The fraction of sp³-hybridized carbons (Fsp3) is 0.941. The lowest BCUT2D eigenvalue weighted by atomic mass is 10.1. The van der Waals surface area contributed by atoms with Gasteiger partial charge >= 0.3 is 0 Å². The molecule has 0 radical (unpaired) electrons. The van der Waals surface area contributed by atoms with Gasteiger partial charge in [-0.15, -0.1) is 0 Å². The molecule has 1 rings (SSSR count). The molecule has 2 atom stereocenters. The smallest absolute Gasteiger partial charge is 0.239 e. The second-order valence-corrected chi connectivity index (χ2v) is 6.55. The van der Waals surface area contributed by atoms with Gasteiger partial charge in [-0.25, -0.2) is 0 Å². The van der Waals surface area contributed by atoms with Crippen LogP contribution in [0.2, 0.25) is 0 Å². The van der Waals surface area contributed by atoms with Gasteiger partial charge in [0.2, 0.25) is 5.91 Å². The molecule has 0 spiro atoms. The van der Waals surface area contributed by atoms with Crippen LogP contribution in [0.25, 0.3) is 10.4 Å². The highest BCUT2D eigenvalue weighted by Gasteiger charge is 2.30. The second-order valence-electron chi connectivity index (χ2n) is 6.55. The Morgan fingerprint density at radius 3 is 2.30 bits per heavy atom. The number of likely N-dealkylation sites (N-methyl/N-ethyl adjacent to an activating group) is 2. The van der Waals surface area contributed by atoms with E-state index in [1.54, 1.807) is 11.9 Å². The minimum Gasteiger partial charge on any atom is -0.378 e. The Labute approximate surface area is 161 Å². The third-order valence-electron chi connectivity index (χ3n) is 4.47. The minimum atomic E-state index is -0.286. The second kappa shape index (κ2) is 14.6. The number of ether oxygens (including phenoxy) is 3. The molecule has 0 saturated carbocycles. The SMILES string of the molecule is CCN(C)CCOCCOCCOCCN(C)C(=O)[C@@H]1CC(N=[N+]=[N-])CN1. The van der Waals surface area contributed by atoms with Gasteiger partial charge < -0.3 is 29.3 Å². The number of hydrogen-bond acceptors (Lipinski definition) is 7. The summed E-state index contributed by atoms with van der Waals surface area (Å²) in [6, 6.07) is -0.437. The van der Waals surface area contributed by atoms with E-state index < -0.39 is 0 Å². The van der Waals surface area contributed by atoms with Crippen molar-refractivity contribution in [2.24, 2.45) is 5.11 Å². The van der Waals surface area contributed by atoms with Gasteiger partial charge in [-0.05, 0) is 25.5 Å². The predicted octanol–water partition coefficient (Wildman–Crippen LogP) is 0.487. The Morgan fingerprint density at radius 1 is 1.11 bits per heavy atom. The molecule has 156 valence electrons. The molecule has 1 aliphatic rings. The highest BCUT2D eigenvalue weighted by atomic mass is 16.5. The molecule has 1 saturated heterocycles.